The van der Waals surface area contributed by atoms with Gasteiger partial charge in [-0.2, -0.15) is 0 Å². The SMILES string of the molecule is CCC(CC)C1CC(Nc2ccc([N+](=O)[O-])cc2[N+](=O)[O-])CCO1. The molecule has 1 aromatic carbocycles. The van der Waals surface area contributed by atoms with Gasteiger partial charge in [0.25, 0.3) is 11.4 Å². The Morgan fingerprint density at radius 1 is 1.25 bits per heavy atom. The lowest BCUT2D eigenvalue weighted by atomic mass is 9.89. The number of nitrogens with one attached hydrogen (secondary N) is 1. The van der Waals surface area contributed by atoms with Crippen molar-refractivity contribution in [2.24, 2.45) is 5.92 Å². The standard InChI is InChI=1S/C16H23N3O5/c1-3-11(4-2)16-9-12(7-8-24-16)17-14-6-5-13(18(20)21)10-15(14)19(22)23/h5-6,10-12,16-17H,3-4,7-9H2,1-2H3. The van der Waals surface area contributed by atoms with Crippen molar-refractivity contribution in [2.45, 2.75) is 51.7 Å². The first-order chi connectivity index (χ1) is 11.5. The Labute approximate surface area is 140 Å². The van der Waals surface area contributed by atoms with Crippen LogP contribution < -0.4 is 5.32 Å². The summed E-state index contributed by atoms with van der Waals surface area (Å²) in [5, 5.41) is 25.2. The van der Waals surface area contributed by atoms with Crippen molar-refractivity contribution in [3.63, 3.8) is 0 Å². The van der Waals surface area contributed by atoms with Gasteiger partial charge in [-0.05, 0) is 24.8 Å². The molecular formula is C16H23N3O5. The van der Waals surface area contributed by atoms with Crippen molar-refractivity contribution in [1.29, 1.82) is 0 Å². The predicted molar refractivity (Wildman–Crippen MR) is 90.2 cm³/mol. The van der Waals surface area contributed by atoms with Crippen LogP contribution in [0.25, 0.3) is 0 Å². The average Bonchev–Trinajstić information content (AvgIpc) is 2.56. The number of hydrogen-bond donors (Lipinski definition) is 1. The summed E-state index contributed by atoms with van der Waals surface area (Å²) in [5.41, 5.74) is -0.232. The van der Waals surface area contributed by atoms with Gasteiger partial charge in [0.15, 0.2) is 0 Å². The van der Waals surface area contributed by atoms with Crippen LogP contribution in [-0.4, -0.2) is 28.6 Å². The Hall–Kier alpha value is -2.22. The summed E-state index contributed by atoms with van der Waals surface area (Å²) < 4.78 is 5.85. The van der Waals surface area contributed by atoms with Gasteiger partial charge in [0.1, 0.15) is 5.69 Å². The lowest BCUT2D eigenvalue weighted by Crippen LogP contribution is -2.38. The van der Waals surface area contributed by atoms with Gasteiger partial charge in [0.05, 0.1) is 22.0 Å². The summed E-state index contributed by atoms with van der Waals surface area (Å²) >= 11 is 0. The zero-order chi connectivity index (χ0) is 17.7. The molecular weight excluding hydrogens is 314 g/mol. The number of hydrogen-bond acceptors (Lipinski definition) is 6. The second-order valence-electron chi connectivity index (χ2n) is 6.07. The first-order valence-corrected chi connectivity index (χ1v) is 8.27. The van der Waals surface area contributed by atoms with Gasteiger partial charge in [0.2, 0.25) is 0 Å². The van der Waals surface area contributed by atoms with E-state index in [-0.39, 0.29) is 23.5 Å². The third-order valence-corrected chi connectivity index (χ3v) is 4.64. The minimum atomic E-state index is -0.631. The third kappa shape index (κ3) is 4.19. The fourth-order valence-corrected chi connectivity index (χ4v) is 3.23. The van der Waals surface area contributed by atoms with E-state index < -0.39 is 9.85 Å². The monoisotopic (exact) mass is 337 g/mol. The van der Waals surface area contributed by atoms with E-state index in [9.17, 15) is 20.2 Å². The minimum Gasteiger partial charge on any atom is -0.378 e. The van der Waals surface area contributed by atoms with Crippen molar-refractivity contribution in [2.75, 3.05) is 11.9 Å². The number of rotatable bonds is 7. The van der Waals surface area contributed by atoms with Crippen LogP contribution in [0, 0.1) is 26.1 Å². The van der Waals surface area contributed by atoms with E-state index in [4.69, 9.17) is 4.74 Å². The Morgan fingerprint density at radius 3 is 2.54 bits per heavy atom. The summed E-state index contributed by atoms with van der Waals surface area (Å²) in [5.74, 6) is 0.474. The molecule has 132 valence electrons. The molecule has 1 aliphatic rings. The molecule has 1 aromatic rings. The molecule has 8 heteroatoms. The Bertz CT molecular complexity index is 603. The molecule has 0 radical (unpaired) electrons. The molecule has 1 fully saturated rings. The number of anilines is 1. The van der Waals surface area contributed by atoms with Crippen molar-refractivity contribution in [3.05, 3.63) is 38.4 Å². The van der Waals surface area contributed by atoms with E-state index in [0.29, 0.717) is 18.2 Å². The molecule has 1 saturated heterocycles. The number of nitrogens with zero attached hydrogens (tertiary/aromatic N) is 2. The number of non-ortho nitro benzene ring substituents is 1. The molecule has 0 bridgehead atoms. The summed E-state index contributed by atoms with van der Waals surface area (Å²) in [6, 6.07) is 3.76. The van der Waals surface area contributed by atoms with Crippen LogP contribution in [-0.2, 0) is 4.74 Å². The highest BCUT2D eigenvalue weighted by Gasteiger charge is 2.29. The fourth-order valence-electron chi connectivity index (χ4n) is 3.23. The van der Waals surface area contributed by atoms with E-state index in [0.717, 1.165) is 31.7 Å². The van der Waals surface area contributed by atoms with Crippen LogP contribution in [0.2, 0.25) is 0 Å². The van der Waals surface area contributed by atoms with E-state index in [1.807, 2.05) is 0 Å². The Morgan fingerprint density at radius 2 is 1.96 bits per heavy atom. The van der Waals surface area contributed by atoms with Crippen LogP contribution in [0.15, 0.2) is 18.2 Å². The number of ether oxygens (including phenoxy) is 1. The van der Waals surface area contributed by atoms with Crippen LogP contribution in [0.1, 0.15) is 39.5 Å². The quantitative estimate of drug-likeness (QED) is 0.597. The van der Waals surface area contributed by atoms with Gasteiger partial charge in [-0.3, -0.25) is 20.2 Å². The van der Waals surface area contributed by atoms with Gasteiger partial charge in [0, 0.05) is 18.7 Å². The highest BCUT2D eigenvalue weighted by atomic mass is 16.6. The lowest BCUT2D eigenvalue weighted by Gasteiger charge is -2.34. The van der Waals surface area contributed by atoms with Crippen LogP contribution in [0.5, 0.6) is 0 Å². The van der Waals surface area contributed by atoms with Crippen molar-refractivity contribution >= 4 is 17.1 Å². The fraction of sp³-hybridized carbons (Fsp3) is 0.625. The molecule has 2 rings (SSSR count). The summed E-state index contributed by atoms with van der Waals surface area (Å²) in [6.45, 7) is 4.88. The van der Waals surface area contributed by atoms with Crippen LogP contribution in [0.4, 0.5) is 17.1 Å². The first-order valence-electron chi connectivity index (χ1n) is 8.27. The van der Waals surface area contributed by atoms with E-state index in [1.54, 1.807) is 0 Å². The average molecular weight is 337 g/mol. The molecule has 0 aliphatic carbocycles. The maximum absolute atomic E-state index is 11.2. The van der Waals surface area contributed by atoms with Crippen molar-refractivity contribution in [3.8, 4) is 0 Å². The van der Waals surface area contributed by atoms with Crippen LogP contribution in [0.3, 0.4) is 0 Å². The topological polar surface area (TPSA) is 108 Å². The normalized spacial score (nSPS) is 20.8. The zero-order valence-electron chi connectivity index (χ0n) is 13.9. The Balaban J connectivity index is 2.15. The molecule has 0 saturated carbocycles. The van der Waals surface area contributed by atoms with Gasteiger partial charge in [-0.15, -0.1) is 0 Å². The second-order valence-corrected chi connectivity index (χ2v) is 6.07. The third-order valence-electron chi connectivity index (χ3n) is 4.64. The Kier molecular flexibility index (Phi) is 6.08. The summed E-state index contributed by atoms with van der Waals surface area (Å²) in [4.78, 5) is 20.8. The molecule has 24 heavy (non-hydrogen) atoms. The number of benzene rings is 1. The van der Waals surface area contributed by atoms with Crippen molar-refractivity contribution < 1.29 is 14.6 Å². The zero-order valence-corrected chi connectivity index (χ0v) is 13.9. The first kappa shape index (κ1) is 18.1. The largest absolute Gasteiger partial charge is 0.378 e. The molecule has 2 unspecified atom stereocenters. The molecule has 0 aromatic heterocycles. The molecule has 0 amide bonds. The van der Waals surface area contributed by atoms with E-state index in [2.05, 4.69) is 19.2 Å². The van der Waals surface area contributed by atoms with Crippen molar-refractivity contribution in [1.82, 2.24) is 0 Å². The van der Waals surface area contributed by atoms with Gasteiger partial charge in [-0.1, -0.05) is 26.7 Å². The van der Waals surface area contributed by atoms with Gasteiger partial charge < -0.3 is 10.1 Å². The van der Waals surface area contributed by atoms with Gasteiger partial charge in [-0.25, -0.2) is 0 Å². The number of nitro benzene ring substituents is 2. The minimum absolute atomic E-state index is 0.0597. The predicted octanol–water partition coefficient (Wildman–Crippen LogP) is 3.90. The van der Waals surface area contributed by atoms with E-state index >= 15 is 0 Å². The lowest BCUT2D eigenvalue weighted by molar-refractivity contribution is -0.393. The summed E-state index contributed by atoms with van der Waals surface area (Å²) in [6.07, 6.45) is 3.74. The molecule has 1 aliphatic heterocycles. The molecule has 1 heterocycles. The smallest absolute Gasteiger partial charge is 0.299 e. The number of nitro groups is 2. The molecule has 2 atom stereocenters. The molecule has 8 nitrogen and oxygen atoms in total. The second kappa shape index (κ2) is 8.05. The maximum atomic E-state index is 11.2. The molecule has 1 N–H and O–H groups in total. The molecule has 0 spiro atoms. The van der Waals surface area contributed by atoms with Gasteiger partial charge >= 0.3 is 0 Å². The summed E-state index contributed by atoms with van der Waals surface area (Å²) in [7, 11) is 0. The highest BCUT2D eigenvalue weighted by molar-refractivity contribution is 5.65. The van der Waals surface area contributed by atoms with Crippen LogP contribution >= 0.6 is 0 Å². The maximum Gasteiger partial charge on any atom is 0.299 e. The van der Waals surface area contributed by atoms with E-state index in [1.165, 1.54) is 12.1 Å². The highest BCUT2D eigenvalue weighted by Crippen LogP contribution is 2.32.